The van der Waals surface area contributed by atoms with E-state index in [1.165, 1.54) is 147 Å². The van der Waals surface area contributed by atoms with Gasteiger partial charge in [0.2, 0.25) is 0 Å². The van der Waals surface area contributed by atoms with Crippen LogP contribution in [0.3, 0.4) is 0 Å². The number of carbonyl (C=O) groups is 9. The quantitative estimate of drug-likeness (QED) is 0.00393. The van der Waals surface area contributed by atoms with Crippen molar-refractivity contribution in [3.63, 3.8) is 0 Å². The molecule has 0 radical (unpaired) electrons. The van der Waals surface area contributed by atoms with Crippen molar-refractivity contribution >= 4 is 139 Å². The molecule has 40 nitrogen and oxygen atoms in total. The van der Waals surface area contributed by atoms with E-state index in [1.54, 1.807) is 70.7 Å². The van der Waals surface area contributed by atoms with Crippen molar-refractivity contribution in [1.29, 1.82) is 0 Å². The van der Waals surface area contributed by atoms with Gasteiger partial charge in [-0.1, -0.05) is 99.6 Å². The van der Waals surface area contributed by atoms with Crippen LogP contribution >= 0.6 is 43.2 Å². The van der Waals surface area contributed by atoms with Crippen LogP contribution in [0.25, 0.3) is 0 Å². The highest BCUT2D eigenvalue weighted by atomic mass is 33.1. The topological polar surface area (TPSA) is 487 Å². The second-order valence-corrected chi connectivity index (χ2v) is 49.2. The van der Waals surface area contributed by atoms with Crippen LogP contribution in [0.4, 0.5) is 53.3 Å². The molecule has 0 saturated carbocycles. The monoisotopic (exact) mass is 2130 g/mol. The van der Waals surface area contributed by atoms with Crippen molar-refractivity contribution in [2.24, 2.45) is 0 Å². The number of pyridine rings is 2. The zero-order valence-corrected chi connectivity index (χ0v) is 91.0. The fourth-order valence-electron chi connectivity index (χ4n) is 15.4. The smallest absolute Gasteiger partial charge is 0.412 e. The van der Waals surface area contributed by atoms with Crippen LogP contribution in [0.1, 0.15) is 208 Å². The number of ketones is 1. The summed E-state index contributed by atoms with van der Waals surface area (Å²) in [4.78, 5) is 157. The summed E-state index contributed by atoms with van der Waals surface area (Å²) in [5.41, 5.74) is 1.70. The standard InChI is InChI=1S/C54H76N6O14S2Si.C48H62N6O14S2/c1-14-36-25-39(61)32-59(36)50(63)41-27-45(69-11)47(29-43(41)57-52(65)74-53(4,5)6)71-22-17-15-16-21-70-46-28-42(56-51(64)72-23-20-35(3)75-76-48-19-18-37(30-55-48)60(66)67)40(26-44(46)68-10)49(62)58-31-34(2)24-38(58)33-73-77(12,13)54(7,8)9;1-29-18-33(27-55)52(25-29)44(57)35-20-39(63-7)41(22-37(35)50-46(59)67-17-14-31(3)69-70-43-13-12-32(24-49-43)54(61)62)65-15-10-9-11-16-66-42-23-38(51-47(60)68-48(4,5)6)36(21-40(42)64-8)45(58)53-26-30(2)19-34(53)28-56/h18-19,26-30,35-36,38H,2,14-17,20-25,31-33H2,1,3-13H3,(H,56,64)(H,57,65);12-13,20-24,31,33-34,55-56H,1-2,9-11,14-19,25-28H2,3-8H3,(H,50,59)(H,51,60)/t35-,36-,38+;31-,33+,34+/m11/s1. The summed E-state index contributed by atoms with van der Waals surface area (Å²) in [6, 6.07) is 16.5. The molecule has 6 heterocycles. The SMILES string of the molecule is C=C1C[C@@H](CO)N(C(=O)c2cc(OC)c(OCCCCCOc3cc(NC(=O)OC(C)(C)C)c(C(=O)N4CC(=C)C[C@H]4CO)cc3OC)cc2NC(=O)OCC[C@@H](C)SSc2ccc([N+](=O)[O-])cn2)C1.C=C1C[C@@H](CO[Si](C)(C)C(C)(C)C)N(C(=O)c2cc(OC)c(OCCCCCOc3cc(NC(=O)OC(C)(C)C)c(C(=O)N4CC(=O)C[C@H]4CC)cc3OC)cc2NC(=O)OCC[C@@H](C)SSc2ccc([N+](=O)[O-])cn2)C1. The van der Waals surface area contributed by atoms with Gasteiger partial charge < -0.3 is 91.1 Å². The van der Waals surface area contributed by atoms with E-state index in [2.05, 4.69) is 84.8 Å². The molecular formula is C102H138N12O28S4Si. The van der Waals surface area contributed by atoms with Crippen LogP contribution in [-0.4, -0.2) is 272 Å². The van der Waals surface area contributed by atoms with Crippen LogP contribution in [0.2, 0.25) is 18.1 Å². The molecule has 45 heteroatoms. The normalized spacial score (nSPS) is 16.2. The number of methoxy groups -OCH3 is 4. The number of unbranched alkanes of at least 4 members (excludes halogenated alkanes) is 4. The Morgan fingerprint density at radius 3 is 1.05 bits per heavy atom. The van der Waals surface area contributed by atoms with Crippen molar-refractivity contribution in [1.82, 2.24) is 29.6 Å². The fraction of sp³-hybridized carbons (Fsp3) is 0.520. The lowest BCUT2D eigenvalue weighted by atomic mass is 10.1. The predicted molar refractivity (Wildman–Crippen MR) is 566 cm³/mol. The molecule has 4 fully saturated rings. The molecule has 802 valence electrons. The van der Waals surface area contributed by atoms with E-state index in [9.17, 15) is 73.6 Å². The number of anilines is 4. The highest BCUT2D eigenvalue weighted by Gasteiger charge is 2.43. The van der Waals surface area contributed by atoms with Crippen LogP contribution in [0.5, 0.6) is 46.0 Å². The van der Waals surface area contributed by atoms with Crippen molar-refractivity contribution in [2.75, 3.05) is 135 Å². The zero-order chi connectivity index (χ0) is 108. The zero-order valence-electron chi connectivity index (χ0n) is 86.8. The number of nitrogens with one attached hydrogen (secondary N) is 4. The van der Waals surface area contributed by atoms with Crippen LogP contribution in [-0.2, 0) is 28.2 Å². The molecule has 4 aliphatic heterocycles. The largest absolute Gasteiger partial charge is 0.493 e. The van der Waals surface area contributed by atoms with E-state index in [0.29, 0.717) is 100 Å². The first-order valence-corrected chi connectivity index (χ1v) is 55.7. The lowest BCUT2D eigenvalue weighted by Crippen LogP contribution is -2.46. The first kappa shape index (κ1) is 118. The lowest BCUT2D eigenvalue weighted by molar-refractivity contribution is -0.385. The molecule has 0 unspecified atom stereocenters. The van der Waals surface area contributed by atoms with Crippen LogP contribution < -0.4 is 59.2 Å². The van der Waals surface area contributed by atoms with Crippen molar-refractivity contribution in [3.8, 4) is 46.0 Å². The van der Waals surface area contributed by atoms with Gasteiger partial charge >= 0.3 is 24.4 Å². The number of carbonyl (C=O) groups excluding carboxylic acids is 9. The average Bonchev–Trinajstić information content (AvgIpc) is 1.74. The summed E-state index contributed by atoms with van der Waals surface area (Å²) in [5, 5.41) is 54.0. The van der Waals surface area contributed by atoms with Gasteiger partial charge in [0.05, 0.1) is 167 Å². The second-order valence-electron chi connectivity index (χ2n) is 39.1. The number of likely N-dealkylation sites (tertiary alicyclic amines) is 4. The minimum absolute atomic E-state index is 0.00807. The van der Waals surface area contributed by atoms with Crippen LogP contribution in [0.15, 0.2) is 132 Å². The molecular weight excluding hydrogens is 2000 g/mol. The number of amides is 8. The Morgan fingerprint density at radius 2 is 0.769 bits per heavy atom. The summed E-state index contributed by atoms with van der Waals surface area (Å²) in [7, 11) is 9.28. The first-order chi connectivity index (χ1) is 69.6. The summed E-state index contributed by atoms with van der Waals surface area (Å²) in [6.07, 6.45) is 6.08. The molecule has 2 aromatic heterocycles. The van der Waals surface area contributed by atoms with Crippen molar-refractivity contribution in [3.05, 3.63) is 164 Å². The van der Waals surface area contributed by atoms with Gasteiger partial charge in [-0.2, -0.15) is 0 Å². The summed E-state index contributed by atoms with van der Waals surface area (Å²) < 4.78 is 76.0. The van der Waals surface area contributed by atoms with Crippen molar-refractivity contribution < 1.29 is 124 Å². The third-order valence-electron chi connectivity index (χ3n) is 24.2. The van der Waals surface area contributed by atoms with Gasteiger partial charge in [-0.15, -0.1) is 0 Å². The predicted octanol–water partition coefficient (Wildman–Crippen LogP) is 20.0. The highest BCUT2D eigenvalue weighted by molar-refractivity contribution is 8.77. The summed E-state index contributed by atoms with van der Waals surface area (Å²) in [6.45, 7) is 40.7. The van der Waals surface area contributed by atoms with E-state index in [4.69, 9.17) is 61.3 Å². The Morgan fingerprint density at radius 1 is 0.456 bits per heavy atom. The number of aliphatic hydroxyl groups excluding tert-OH is 2. The van der Waals surface area contributed by atoms with Crippen molar-refractivity contribution in [2.45, 2.75) is 241 Å². The van der Waals surface area contributed by atoms with E-state index < -0.39 is 83.5 Å². The number of hydrogen-bond acceptors (Lipinski definition) is 34. The van der Waals surface area contributed by atoms with E-state index in [0.717, 1.165) is 16.7 Å². The van der Waals surface area contributed by atoms with Gasteiger partial charge in [0.25, 0.3) is 35.0 Å². The minimum Gasteiger partial charge on any atom is -0.493 e. The number of aromatic nitrogens is 2. The summed E-state index contributed by atoms with van der Waals surface area (Å²) >= 11 is 0. The molecule has 4 aromatic carbocycles. The maximum atomic E-state index is 14.6. The Bertz CT molecular complexity index is 5670. The van der Waals surface area contributed by atoms with Gasteiger partial charge in [-0.3, -0.25) is 65.5 Å². The molecule has 0 aliphatic carbocycles. The molecule has 0 spiro atoms. The Hall–Kier alpha value is -12.3. The Labute approximate surface area is 874 Å². The minimum atomic E-state index is -2.17. The van der Waals surface area contributed by atoms with E-state index >= 15 is 0 Å². The molecule has 0 bridgehead atoms. The third kappa shape index (κ3) is 35.2. The average molecular weight is 2140 g/mol. The maximum Gasteiger partial charge on any atom is 0.412 e. The number of Topliss-reactive ketones (excluding diaryl/α,β-unsaturated/α-hetero) is 1. The van der Waals surface area contributed by atoms with Gasteiger partial charge in [-0.05, 0) is 195 Å². The molecule has 4 saturated heterocycles. The lowest BCUT2D eigenvalue weighted by Gasteiger charge is -2.38. The van der Waals surface area contributed by atoms with E-state index in [-0.39, 0.29) is 221 Å². The Balaban J connectivity index is 0.000000328. The number of ether oxygens (including phenoxy) is 12. The number of rotatable bonds is 48. The van der Waals surface area contributed by atoms with Gasteiger partial charge in [0.15, 0.2) is 60.1 Å². The second kappa shape index (κ2) is 55.1. The number of aliphatic hydroxyl groups is 2. The number of nitro groups is 2. The Kier molecular flexibility index (Phi) is 44.4. The molecule has 147 heavy (non-hydrogen) atoms. The van der Waals surface area contributed by atoms with E-state index in [1.807, 2.05) is 20.8 Å². The number of hydrogen-bond donors (Lipinski definition) is 6. The highest BCUT2D eigenvalue weighted by Crippen LogP contribution is 2.45. The molecule has 10 rings (SSSR count). The maximum absolute atomic E-state index is 14.6. The molecule has 6 atom stereocenters. The van der Waals surface area contributed by atoms with Gasteiger partial charge in [0, 0.05) is 79.0 Å². The number of nitrogens with zero attached hydrogens (tertiary/aromatic N) is 8. The van der Waals surface area contributed by atoms with Gasteiger partial charge in [-0.25, -0.2) is 29.1 Å². The molecule has 8 amide bonds. The molecule has 4 aliphatic rings. The van der Waals surface area contributed by atoms with Gasteiger partial charge in [0.1, 0.15) is 33.6 Å². The third-order valence-corrected chi connectivity index (χ3v) is 34.4. The number of benzene rings is 4. The summed E-state index contributed by atoms with van der Waals surface area (Å²) in [5.74, 6) is 0.417. The first-order valence-electron chi connectivity index (χ1n) is 48.3. The molecule has 6 aromatic rings. The van der Waals surface area contributed by atoms with Crippen LogP contribution in [0, 0.1) is 20.2 Å². The fourth-order valence-corrected chi connectivity index (χ4v) is 20.6. The molecule has 6 N–H and O–H groups in total.